The molecule has 0 atom stereocenters. The van der Waals surface area contributed by atoms with Crippen molar-refractivity contribution in [2.45, 2.75) is 43.8 Å². The van der Waals surface area contributed by atoms with E-state index in [1.165, 1.54) is 43.9 Å². The van der Waals surface area contributed by atoms with E-state index in [0.29, 0.717) is 18.2 Å². The molecule has 2 aromatic rings. The first kappa shape index (κ1) is 21.4. The number of carbonyl (C=O) groups excluding carboxylic acids is 1. The number of aromatic nitrogens is 3. The summed E-state index contributed by atoms with van der Waals surface area (Å²) in [4.78, 5) is 14.5. The minimum Gasteiger partial charge on any atom is -0.497 e. The van der Waals surface area contributed by atoms with Crippen LogP contribution in [0.2, 0.25) is 0 Å². The highest BCUT2D eigenvalue weighted by Crippen LogP contribution is 2.27. The lowest BCUT2D eigenvalue weighted by atomic mass is 9.89. The molecule has 0 N–H and O–H groups in total. The van der Waals surface area contributed by atoms with Crippen molar-refractivity contribution in [3.63, 3.8) is 0 Å². The van der Waals surface area contributed by atoms with Crippen molar-refractivity contribution in [2.24, 2.45) is 5.92 Å². The Kier molecular flexibility index (Phi) is 7.75. The van der Waals surface area contributed by atoms with Gasteiger partial charge < -0.3 is 9.64 Å². The van der Waals surface area contributed by atoms with E-state index in [1.54, 1.807) is 7.11 Å². The third-order valence-electron chi connectivity index (χ3n) is 5.38. The second-order valence-electron chi connectivity index (χ2n) is 7.50. The maximum atomic E-state index is 12.6. The van der Waals surface area contributed by atoms with Gasteiger partial charge in [0, 0.05) is 25.7 Å². The first-order chi connectivity index (χ1) is 14.1. The van der Waals surface area contributed by atoms with Gasteiger partial charge in [0.25, 0.3) is 0 Å². The molecular weight excluding hydrogens is 384 g/mol. The Morgan fingerprint density at radius 1 is 1.28 bits per heavy atom. The van der Waals surface area contributed by atoms with Crippen LogP contribution in [-0.2, 0) is 11.3 Å². The Morgan fingerprint density at radius 2 is 2.00 bits per heavy atom. The molecule has 1 aliphatic rings. The minimum atomic E-state index is 0.139. The number of carbonyl (C=O) groups is 1. The van der Waals surface area contributed by atoms with Crippen molar-refractivity contribution in [3.05, 3.63) is 36.9 Å². The van der Waals surface area contributed by atoms with E-state index in [1.807, 2.05) is 46.9 Å². The van der Waals surface area contributed by atoms with Gasteiger partial charge >= 0.3 is 0 Å². The second kappa shape index (κ2) is 10.5. The molecule has 0 spiro atoms. The number of benzene rings is 1. The summed E-state index contributed by atoms with van der Waals surface area (Å²) < 4.78 is 7.22. The molecule has 0 unspecified atom stereocenters. The lowest BCUT2D eigenvalue weighted by Crippen LogP contribution is -2.33. The number of thioether (sulfide) groups is 1. The predicted molar refractivity (Wildman–Crippen MR) is 117 cm³/mol. The third-order valence-corrected chi connectivity index (χ3v) is 6.34. The first-order valence-corrected chi connectivity index (χ1v) is 11.2. The van der Waals surface area contributed by atoms with Gasteiger partial charge in [-0.1, -0.05) is 37.1 Å². The molecule has 156 valence electrons. The fourth-order valence-electron chi connectivity index (χ4n) is 3.74. The Morgan fingerprint density at radius 3 is 2.66 bits per heavy atom. The van der Waals surface area contributed by atoms with Crippen LogP contribution in [-0.4, -0.2) is 52.0 Å². The lowest BCUT2D eigenvalue weighted by Gasteiger charge is -2.27. The SMILES string of the molecule is C=CCn1c(SCC(=O)N(C)CC2CCCCC2)nnc1-c1ccc(OC)cc1. The van der Waals surface area contributed by atoms with Crippen molar-refractivity contribution >= 4 is 17.7 Å². The number of rotatable bonds is 9. The molecule has 1 amide bonds. The van der Waals surface area contributed by atoms with Crippen LogP contribution < -0.4 is 4.74 Å². The Balaban J connectivity index is 1.64. The molecule has 0 saturated heterocycles. The topological polar surface area (TPSA) is 60.2 Å². The summed E-state index contributed by atoms with van der Waals surface area (Å²) in [5.74, 6) is 2.71. The van der Waals surface area contributed by atoms with Crippen LogP contribution in [0, 0.1) is 5.92 Å². The van der Waals surface area contributed by atoms with Crippen LogP contribution in [0.15, 0.2) is 42.1 Å². The van der Waals surface area contributed by atoms with Gasteiger partial charge in [-0.05, 0) is 43.0 Å². The number of amides is 1. The number of ether oxygens (including phenoxy) is 1. The number of nitrogens with zero attached hydrogens (tertiary/aromatic N) is 4. The van der Waals surface area contributed by atoms with Gasteiger partial charge in [0.2, 0.25) is 5.91 Å². The van der Waals surface area contributed by atoms with Crippen molar-refractivity contribution < 1.29 is 9.53 Å². The molecule has 6 nitrogen and oxygen atoms in total. The second-order valence-corrected chi connectivity index (χ2v) is 8.44. The molecule has 1 aromatic carbocycles. The zero-order chi connectivity index (χ0) is 20.6. The maximum Gasteiger partial charge on any atom is 0.232 e. The number of hydrogen-bond acceptors (Lipinski definition) is 5. The van der Waals surface area contributed by atoms with E-state index in [0.717, 1.165) is 28.8 Å². The Hall–Kier alpha value is -2.28. The largest absolute Gasteiger partial charge is 0.497 e. The zero-order valence-electron chi connectivity index (χ0n) is 17.3. The highest BCUT2D eigenvalue weighted by atomic mass is 32.2. The minimum absolute atomic E-state index is 0.139. The Labute approximate surface area is 177 Å². The summed E-state index contributed by atoms with van der Waals surface area (Å²) >= 11 is 1.43. The highest BCUT2D eigenvalue weighted by molar-refractivity contribution is 7.99. The normalized spacial score (nSPS) is 14.6. The molecule has 1 saturated carbocycles. The summed E-state index contributed by atoms with van der Waals surface area (Å²) in [6.45, 7) is 5.29. The fourth-order valence-corrected chi connectivity index (χ4v) is 4.63. The summed E-state index contributed by atoms with van der Waals surface area (Å²) in [7, 11) is 3.56. The summed E-state index contributed by atoms with van der Waals surface area (Å²) in [5, 5.41) is 9.41. The quantitative estimate of drug-likeness (QED) is 0.453. The predicted octanol–water partition coefficient (Wildman–Crippen LogP) is 4.27. The van der Waals surface area contributed by atoms with E-state index in [9.17, 15) is 4.79 Å². The van der Waals surface area contributed by atoms with Crippen molar-refractivity contribution in [1.29, 1.82) is 0 Å². The molecule has 0 radical (unpaired) electrons. The van der Waals surface area contributed by atoms with Crippen LogP contribution in [0.4, 0.5) is 0 Å². The standard InChI is InChI=1S/C22H30N4O2S/c1-4-14-26-21(18-10-12-19(28-3)13-11-18)23-24-22(26)29-16-20(27)25(2)15-17-8-6-5-7-9-17/h4,10-13,17H,1,5-9,14-16H2,2-3H3. The van der Waals surface area contributed by atoms with Gasteiger partial charge in [0.15, 0.2) is 11.0 Å². The monoisotopic (exact) mass is 414 g/mol. The molecule has 3 rings (SSSR count). The Bertz CT molecular complexity index is 813. The molecule has 1 fully saturated rings. The molecule has 0 bridgehead atoms. The summed E-state index contributed by atoms with van der Waals surface area (Å²) in [6.07, 6.45) is 8.21. The van der Waals surface area contributed by atoms with Gasteiger partial charge in [-0.15, -0.1) is 16.8 Å². The first-order valence-electron chi connectivity index (χ1n) is 10.2. The molecule has 1 aromatic heterocycles. The average Bonchev–Trinajstić information content (AvgIpc) is 3.15. The van der Waals surface area contributed by atoms with Crippen LogP contribution in [0.5, 0.6) is 5.75 Å². The number of methoxy groups -OCH3 is 1. The van der Waals surface area contributed by atoms with Gasteiger partial charge in [-0.3, -0.25) is 9.36 Å². The van der Waals surface area contributed by atoms with Crippen LogP contribution in [0.1, 0.15) is 32.1 Å². The molecule has 0 aliphatic heterocycles. The third kappa shape index (κ3) is 5.63. The van der Waals surface area contributed by atoms with Gasteiger partial charge in [-0.2, -0.15) is 0 Å². The van der Waals surface area contributed by atoms with Gasteiger partial charge in [0.1, 0.15) is 5.75 Å². The van der Waals surface area contributed by atoms with E-state index >= 15 is 0 Å². The molecule has 1 heterocycles. The van der Waals surface area contributed by atoms with Crippen LogP contribution in [0.25, 0.3) is 11.4 Å². The fraction of sp³-hybridized carbons (Fsp3) is 0.500. The van der Waals surface area contributed by atoms with Crippen LogP contribution >= 0.6 is 11.8 Å². The summed E-state index contributed by atoms with van der Waals surface area (Å²) in [6, 6.07) is 7.72. The molecular formula is C22H30N4O2S. The highest BCUT2D eigenvalue weighted by Gasteiger charge is 2.20. The number of hydrogen-bond donors (Lipinski definition) is 0. The van der Waals surface area contributed by atoms with Crippen LogP contribution in [0.3, 0.4) is 0 Å². The van der Waals surface area contributed by atoms with E-state index < -0.39 is 0 Å². The maximum absolute atomic E-state index is 12.6. The van der Waals surface area contributed by atoms with E-state index in [2.05, 4.69) is 16.8 Å². The van der Waals surface area contributed by atoms with Gasteiger partial charge in [-0.25, -0.2) is 0 Å². The molecule has 7 heteroatoms. The lowest BCUT2D eigenvalue weighted by molar-refractivity contribution is -0.127. The molecule has 29 heavy (non-hydrogen) atoms. The van der Waals surface area contributed by atoms with E-state index in [-0.39, 0.29) is 5.91 Å². The van der Waals surface area contributed by atoms with Gasteiger partial charge in [0.05, 0.1) is 12.9 Å². The van der Waals surface area contributed by atoms with Crippen molar-refractivity contribution in [1.82, 2.24) is 19.7 Å². The van der Waals surface area contributed by atoms with Crippen molar-refractivity contribution in [2.75, 3.05) is 26.5 Å². The summed E-state index contributed by atoms with van der Waals surface area (Å²) in [5.41, 5.74) is 0.952. The molecule has 1 aliphatic carbocycles. The van der Waals surface area contributed by atoms with Crippen molar-refractivity contribution in [3.8, 4) is 17.1 Å². The van der Waals surface area contributed by atoms with E-state index in [4.69, 9.17) is 4.74 Å². The smallest absolute Gasteiger partial charge is 0.232 e. The zero-order valence-corrected chi connectivity index (χ0v) is 18.2. The number of allylic oxidation sites excluding steroid dienone is 1. The average molecular weight is 415 g/mol.